The van der Waals surface area contributed by atoms with Crippen LogP contribution in [0.2, 0.25) is 0 Å². The van der Waals surface area contributed by atoms with Crippen LogP contribution in [0.1, 0.15) is 34.8 Å². The zero-order valence-corrected chi connectivity index (χ0v) is 9.55. The molecular formula is C11H16N2OS. The minimum absolute atomic E-state index is 0.122. The Labute approximate surface area is 94.0 Å². The highest BCUT2D eigenvalue weighted by Crippen LogP contribution is 2.13. The van der Waals surface area contributed by atoms with Gasteiger partial charge in [0.15, 0.2) is 5.78 Å². The van der Waals surface area contributed by atoms with Gasteiger partial charge in [-0.3, -0.25) is 4.79 Å². The van der Waals surface area contributed by atoms with Gasteiger partial charge in [0.1, 0.15) is 5.69 Å². The van der Waals surface area contributed by atoms with Crippen LogP contribution in [-0.4, -0.2) is 17.3 Å². The van der Waals surface area contributed by atoms with Crippen LogP contribution in [0, 0.1) is 0 Å². The number of unbranched alkanes of at least 4 members (excludes halogenated alkanes) is 1. The number of ketones is 1. The van der Waals surface area contributed by atoms with E-state index in [1.54, 1.807) is 0 Å². The molecule has 0 radical (unpaired) electrons. The van der Waals surface area contributed by atoms with E-state index in [4.69, 9.17) is 5.73 Å². The number of rotatable bonds is 7. The second-order valence-electron chi connectivity index (χ2n) is 3.27. The Kier molecular flexibility index (Phi) is 5.21. The van der Waals surface area contributed by atoms with Crippen LogP contribution >= 0.6 is 11.3 Å². The lowest BCUT2D eigenvalue weighted by Gasteiger charge is -1.94. The quantitative estimate of drug-likeness (QED) is 0.439. The summed E-state index contributed by atoms with van der Waals surface area (Å²) in [6.07, 6.45) is 4.87. The van der Waals surface area contributed by atoms with Gasteiger partial charge >= 0.3 is 0 Å². The molecule has 15 heavy (non-hydrogen) atoms. The number of Topliss-reactive ketones (excluding diaryl/α,β-unsaturated/α-hetero) is 1. The SMILES string of the molecule is C=CCCCC(=O)c1csc(CCN)n1. The Morgan fingerprint density at radius 3 is 3.13 bits per heavy atom. The predicted molar refractivity (Wildman–Crippen MR) is 63.3 cm³/mol. The highest BCUT2D eigenvalue weighted by atomic mass is 32.1. The van der Waals surface area contributed by atoms with Crippen LogP contribution in [0.5, 0.6) is 0 Å². The van der Waals surface area contributed by atoms with Crippen molar-refractivity contribution in [1.82, 2.24) is 4.98 Å². The first-order chi connectivity index (χ1) is 7.27. The molecular weight excluding hydrogens is 208 g/mol. The minimum Gasteiger partial charge on any atom is -0.330 e. The number of carbonyl (C=O) groups excluding carboxylic acids is 1. The Morgan fingerprint density at radius 1 is 1.67 bits per heavy atom. The molecule has 0 aromatic carbocycles. The van der Waals surface area contributed by atoms with E-state index in [0.29, 0.717) is 18.7 Å². The van der Waals surface area contributed by atoms with E-state index in [2.05, 4.69) is 11.6 Å². The van der Waals surface area contributed by atoms with Crippen LogP contribution in [0.3, 0.4) is 0 Å². The normalized spacial score (nSPS) is 10.2. The first kappa shape index (κ1) is 12.1. The van der Waals surface area contributed by atoms with Crippen LogP contribution in [0.4, 0.5) is 0 Å². The number of nitrogens with two attached hydrogens (primary N) is 1. The van der Waals surface area contributed by atoms with Gasteiger partial charge in [-0.1, -0.05) is 6.08 Å². The van der Waals surface area contributed by atoms with Crippen molar-refractivity contribution >= 4 is 17.1 Å². The summed E-state index contributed by atoms with van der Waals surface area (Å²) >= 11 is 1.51. The van der Waals surface area contributed by atoms with Crippen molar-refractivity contribution in [2.24, 2.45) is 5.73 Å². The van der Waals surface area contributed by atoms with Crippen LogP contribution in [0.15, 0.2) is 18.0 Å². The van der Waals surface area contributed by atoms with Crippen molar-refractivity contribution in [3.63, 3.8) is 0 Å². The lowest BCUT2D eigenvalue weighted by molar-refractivity contribution is 0.0976. The summed E-state index contributed by atoms with van der Waals surface area (Å²) in [5, 5.41) is 2.77. The fourth-order valence-corrected chi connectivity index (χ4v) is 2.03. The molecule has 1 rings (SSSR count). The maximum Gasteiger partial charge on any atom is 0.182 e. The first-order valence-electron chi connectivity index (χ1n) is 5.06. The molecule has 82 valence electrons. The molecule has 0 bridgehead atoms. The largest absolute Gasteiger partial charge is 0.330 e. The van der Waals surface area contributed by atoms with Crippen molar-refractivity contribution in [3.05, 3.63) is 28.7 Å². The van der Waals surface area contributed by atoms with Crippen LogP contribution in [0.25, 0.3) is 0 Å². The second kappa shape index (κ2) is 6.48. The number of aromatic nitrogens is 1. The van der Waals surface area contributed by atoms with Gasteiger partial charge in [0, 0.05) is 18.2 Å². The van der Waals surface area contributed by atoms with Crippen molar-refractivity contribution < 1.29 is 4.79 Å². The zero-order chi connectivity index (χ0) is 11.1. The van der Waals surface area contributed by atoms with E-state index in [-0.39, 0.29) is 5.78 Å². The Bertz CT molecular complexity index is 333. The van der Waals surface area contributed by atoms with Gasteiger partial charge in [0.2, 0.25) is 0 Å². The third kappa shape index (κ3) is 3.93. The molecule has 0 saturated carbocycles. The van der Waals surface area contributed by atoms with Gasteiger partial charge in [-0.15, -0.1) is 17.9 Å². The molecule has 1 aromatic rings. The van der Waals surface area contributed by atoms with E-state index in [9.17, 15) is 4.79 Å². The summed E-state index contributed by atoms with van der Waals surface area (Å²) in [4.78, 5) is 15.9. The molecule has 0 atom stereocenters. The summed E-state index contributed by atoms with van der Waals surface area (Å²) in [6.45, 7) is 4.20. The fraction of sp³-hybridized carbons (Fsp3) is 0.455. The molecule has 4 heteroatoms. The monoisotopic (exact) mass is 224 g/mol. The van der Waals surface area contributed by atoms with E-state index < -0.39 is 0 Å². The first-order valence-corrected chi connectivity index (χ1v) is 5.94. The summed E-state index contributed by atoms with van der Waals surface area (Å²) in [6, 6.07) is 0. The number of hydrogen-bond acceptors (Lipinski definition) is 4. The number of thiazole rings is 1. The van der Waals surface area contributed by atoms with Crippen molar-refractivity contribution in [3.8, 4) is 0 Å². The fourth-order valence-electron chi connectivity index (χ4n) is 1.21. The van der Waals surface area contributed by atoms with E-state index in [1.807, 2.05) is 11.5 Å². The third-order valence-corrected chi connectivity index (χ3v) is 2.92. The van der Waals surface area contributed by atoms with Crippen LogP contribution < -0.4 is 5.73 Å². The maximum absolute atomic E-state index is 11.6. The molecule has 0 aliphatic rings. The summed E-state index contributed by atoms with van der Waals surface area (Å²) in [5.41, 5.74) is 6.01. The molecule has 0 fully saturated rings. The lowest BCUT2D eigenvalue weighted by atomic mass is 10.1. The second-order valence-corrected chi connectivity index (χ2v) is 4.21. The van der Waals surface area contributed by atoms with Gasteiger partial charge in [-0.2, -0.15) is 0 Å². The van der Waals surface area contributed by atoms with Gasteiger partial charge in [0.05, 0.1) is 5.01 Å². The molecule has 2 N–H and O–H groups in total. The highest BCUT2D eigenvalue weighted by Gasteiger charge is 2.09. The van der Waals surface area contributed by atoms with Gasteiger partial charge in [-0.05, 0) is 19.4 Å². The highest BCUT2D eigenvalue weighted by molar-refractivity contribution is 7.09. The molecule has 3 nitrogen and oxygen atoms in total. The molecule has 0 aliphatic carbocycles. The number of carbonyl (C=O) groups is 1. The molecule has 0 unspecified atom stereocenters. The van der Waals surface area contributed by atoms with E-state index >= 15 is 0 Å². The van der Waals surface area contributed by atoms with Crippen LogP contribution in [-0.2, 0) is 6.42 Å². The molecule has 0 amide bonds. The smallest absolute Gasteiger partial charge is 0.182 e. The van der Waals surface area contributed by atoms with Gasteiger partial charge < -0.3 is 5.73 Å². The Morgan fingerprint density at radius 2 is 2.47 bits per heavy atom. The van der Waals surface area contributed by atoms with Gasteiger partial charge in [0.25, 0.3) is 0 Å². The summed E-state index contributed by atoms with van der Waals surface area (Å²) in [7, 11) is 0. The predicted octanol–water partition coefficient (Wildman–Crippen LogP) is 2.18. The number of nitrogens with zero attached hydrogens (tertiary/aromatic N) is 1. The molecule has 1 aromatic heterocycles. The summed E-state index contributed by atoms with van der Waals surface area (Å²) < 4.78 is 0. The van der Waals surface area contributed by atoms with Crippen molar-refractivity contribution in [2.45, 2.75) is 25.7 Å². The average molecular weight is 224 g/mol. The Balaban J connectivity index is 2.46. The van der Waals surface area contributed by atoms with Gasteiger partial charge in [-0.25, -0.2) is 4.98 Å². The standard InChI is InChI=1S/C11H16N2OS/c1-2-3-4-5-10(14)9-8-15-11(13-9)6-7-12/h2,8H,1,3-7,12H2. The maximum atomic E-state index is 11.6. The molecule has 0 spiro atoms. The Hall–Kier alpha value is -1.00. The molecule has 0 aliphatic heterocycles. The zero-order valence-electron chi connectivity index (χ0n) is 8.74. The topological polar surface area (TPSA) is 56.0 Å². The average Bonchev–Trinajstić information content (AvgIpc) is 2.67. The van der Waals surface area contributed by atoms with E-state index in [0.717, 1.165) is 24.3 Å². The third-order valence-electron chi connectivity index (χ3n) is 2.01. The number of hydrogen-bond donors (Lipinski definition) is 1. The van der Waals surface area contributed by atoms with Crippen molar-refractivity contribution in [2.75, 3.05) is 6.54 Å². The number of allylic oxidation sites excluding steroid dienone is 1. The summed E-state index contributed by atoms with van der Waals surface area (Å²) in [5.74, 6) is 0.122. The minimum atomic E-state index is 0.122. The lowest BCUT2D eigenvalue weighted by Crippen LogP contribution is -2.04. The molecule has 0 saturated heterocycles. The molecule has 1 heterocycles. The van der Waals surface area contributed by atoms with E-state index in [1.165, 1.54) is 11.3 Å². The van der Waals surface area contributed by atoms with Crippen molar-refractivity contribution in [1.29, 1.82) is 0 Å².